The number of benzene rings is 1. The van der Waals surface area contributed by atoms with Crippen LogP contribution in [-0.2, 0) is 4.79 Å². The Bertz CT molecular complexity index is 656. The van der Waals surface area contributed by atoms with E-state index < -0.39 is 0 Å². The number of hydrogen-bond acceptors (Lipinski definition) is 3. The maximum Gasteiger partial charge on any atom is 0.257 e. The first kappa shape index (κ1) is 15.0. The van der Waals surface area contributed by atoms with E-state index in [2.05, 4.69) is 15.6 Å². The molecule has 2 N–H and O–H groups in total. The summed E-state index contributed by atoms with van der Waals surface area (Å²) in [5, 5.41) is 5.75. The van der Waals surface area contributed by atoms with E-state index in [4.69, 9.17) is 11.6 Å². The molecule has 0 aliphatic rings. The number of carbonyl (C=O) groups is 2. The number of rotatable bonds is 4. The Morgan fingerprint density at radius 3 is 2.29 bits per heavy atom. The lowest BCUT2D eigenvalue weighted by molar-refractivity contribution is -0.115. The van der Waals surface area contributed by atoms with Crippen LogP contribution in [0.4, 0.5) is 11.4 Å². The van der Waals surface area contributed by atoms with E-state index in [9.17, 15) is 9.59 Å². The van der Waals surface area contributed by atoms with E-state index >= 15 is 0 Å². The predicted molar refractivity (Wildman–Crippen MR) is 82.6 cm³/mol. The first-order chi connectivity index (χ1) is 10.1. The van der Waals surface area contributed by atoms with E-state index in [0.29, 0.717) is 28.4 Å². The molecule has 2 aromatic rings. The number of pyridine rings is 1. The Balaban J connectivity index is 2.05. The third-order valence-electron chi connectivity index (χ3n) is 2.76. The second-order valence-corrected chi connectivity index (χ2v) is 4.70. The van der Waals surface area contributed by atoms with Crippen molar-refractivity contribution >= 4 is 34.8 Å². The van der Waals surface area contributed by atoms with E-state index in [1.165, 1.54) is 12.4 Å². The summed E-state index contributed by atoms with van der Waals surface area (Å²) in [4.78, 5) is 27.1. The largest absolute Gasteiger partial charge is 0.326 e. The highest BCUT2D eigenvalue weighted by Crippen LogP contribution is 2.18. The SMILES string of the molecule is CCC(=O)Nc1ccc(NC(=O)c2ccncc2Cl)cc1. The minimum atomic E-state index is -0.312. The molecule has 0 saturated heterocycles. The molecule has 2 amide bonds. The van der Waals surface area contributed by atoms with Crippen LogP contribution in [0.3, 0.4) is 0 Å². The van der Waals surface area contributed by atoms with Gasteiger partial charge in [-0.25, -0.2) is 0 Å². The predicted octanol–water partition coefficient (Wildman–Crippen LogP) is 3.34. The number of halogens is 1. The highest BCUT2D eigenvalue weighted by atomic mass is 35.5. The maximum absolute atomic E-state index is 12.1. The molecule has 0 fully saturated rings. The highest BCUT2D eigenvalue weighted by Gasteiger charge is 2.10. The molecule has 0 bridgehead atoms. The molecule has 5 nitrogen and oxygen atoms in total. The Kier molecular flexibility index (Phi) is 4.90. The molecular formula is C15H14ClN3O2. The van der Waals surface area contributed by atoms with Crippen molar-refractivity contribution in [3.05, 3.63) is 53.3 Å². The van der Waals surface area contributed by atoms with Crippen molar-refractivity contribution in [1.29, 1.82) is 0 Å². The second-order valence-electron chi connectivity index (χ2n) is 4.29. The number of nitrogens with zero attached hydrogens (tertiary/aromatic N) is 1. The van der Waals surface area contributed by atoms with Gasteiger partial charge in [-0.1, -0.05) is 18.5 Å². The molecular weight excluding hydrogens is 290 g/mol. The fourth-order valence-corrected chi connectivity index (χ4v) is 1.85. The fourth-order valence-electron chi connectivity index (χ4n) is 1.64. The molecule has 1 heterocycles. The van der Waals surface area contributed by atoms with Gasteiger partial charge in [0, 0.05) is 30.2 Å². The van der Waals surface area contributed by atoms with Gasteiger partial charge in [0.15, 0.2) is 0 Å². The van der Waals surface area contributed by atoms with Crippen LogP contribution in [0, 0.1) is 0 Å². The Labute approximate surface area is 127 Å². The Morgan fingerprint density at radius 1 is 1.10 bits per heavy atom. The van der Waals surface area contributed by atoms with Gasteiger partial charge in [-0.15, -0.1) is 0 Å². The number of nitrogens with one attached hydrogen (secondary N) is 2. The standard InChI is InChI=1S/C15H14ClN3O2/c1-2-14(20)18-10-3-5-11(6-4-10)19-15(21)12-7-8-17-9-13(12)16/h3-9H,2H2,1H3,(H,18,20)(H,19,21). The quantitative estimate of drug-likeness (QED) is 0.910. The van der Waals surface area contributed by atoms with Gasteiger partial charge in [0.25, 0.3) is 5.91 Å². The fraction of sp³-hybridized carbons (Fsp3) is 0.133. The molecule has 1 aromatic heterocycles. The van der Waals surface area contributed by atoms with Gasteiger partial charge < -0.3 is 10.6 Å². The molecule has 0 aliphatic carbocycles. The number of aromatic nitrogens is 1. The first-order valence-corrected chi connectivity index (χ1v) is 6.78. The summed E-state index contributed by atoms with van der Waals surface area (Å²) in [7, 11) is 0. The maximum atomic E-state index is 12.1. The summed E-state index contributed by atoms with van der Waals surface area (Å²) in [6.07, 6.45) is 3.34. The van der Waals surface area contributed by atoms with Crippen LogP contribution < -0.4 is 10.6 Å². The minimum Gasteiger partial charge on any atom is -0.326 e. The van der Waals surface area contributed by atoms with Gasteiger partial charge >= 0.3 is 0 Å². The van der Waals surface area contributed by atoms with E-state index in [1.54, 1.807) is 37.3 Å². The van der Waals surface area contributed by atoms with Crippen LogP contribution in [0.5, 0.6) is 0 Å². The normalized spacial score (nSPS) is 10.0. The lowest BCUT2D eigenvalue weighted by atomic mass is 10.2. The van der Waals surface area contributed by atoms with Crippen molar-refractivity contribution < 1.29 is 9.59 Å². The van der Waals surface area contributed by atoms with Crippen molar-refractivity contribution in [1.82, 2.24) is 4.98 Å². The average Bonchev–Trinajstić information content (AvgIpc) is 2.49. The molecule has 0 radical (unpaired) electrons. The molecule has 0 spiro atoms. The zero-order chi connectivity index (χ0) is 15.2. The van der Waals surface area contributed by atoms with Gasteiger partial charge in [-0.2, -0.15) is 0 Å². The minimum absolute atomic E-state index is 0.0599. The van der Waals surface area contributed by atoms with Gasteiger partial charge in [0.05, 0.1) is 10.6 Å². The van der Waals surface area contributed by atoms with Crippen LogP contribution in [0.25, 0.3) is 0 Å². The van der Waals surface area contributed by atoms with Crippen molar-refractivity contribution in [2.45, 2.75) is 13.3 Å². The van der Waals surface area contributed by atoms with E-state index in [0.717, 1.165) is 0 Å². The van der Waals surface area contributed by atoms with Crippen molar-refractivity contribution in [3.63, 3.8) is 0 Å². The Hall–Kier alpha value is -2.40. The number of amides is 2. The molecule has 2 rings (SSSR count). The third-order valence-corrected chi connectivity index (χ3v) is 3.07. The molecule has 0 saturated carbocycles. The summed E-state index contributed by atoms with van der Waals surface area (Å²) in [5.41, 5.74) is 1.65. The van der Waals surface area contributed by atoms with Crippen molar-refractivity contribution in [2.75, 3.05) is 10.6 Å². The number of anilines is 2. The van der Waals surface area contributed by atoms with Crippen LogP contribution in [0.15, 0.2) is 42.7 Å². The summed E-state index contributed by atoms with van der Waals surface area (Å²) in [6, 6.07) is 8.40. The van der Waals surface area contributed by atoms with Crippen LogP contribution in [0.2, 0.25) is 5.02 Å². The lowest BCUT2D eigenvalue weighted by Crippen LogP contribution is -2.13. The molecule has 108 valence electrons. The summed E-state index contributed by atoms with van der Waals surface area (Å²) in [5.74, 6) is -0.372. The summed E-state index contributed by atoms with van der Waals surface area (Å²) >= 11 is 5.91. The molecule has 6 heteroatoms. The van der Waals surface area contributed by atoms with Crippen molar-refractivity contribution in [3.8, 4) is 0 Å². The highest BCUT2D eigenvalue weighted by molar-refractivity contribution is 6.34. The smallest absolute Gasteiger partial charge is 0.257 e. The third kappa shape index (κ3) is 4.03. The summed E-state index contributed by atoms with van der Waals surface area (Å²) in [6.45, 7) is 1.78. The van der Waals surface area contributed by atoms with Crippen LogP contribution >= 0.6 is 11.6 Å². The summed E-state index contributed by atoms with van der Waals surface area (Å²) < 4.78 is 0. The average molecular weight is 304 g/mol. The topological polar surface area (TPSA) is 71.1 Å². The van der Waals surface area contributed by atoms with Gasteiger partial charge in [-0.3, -0.25) is 14.6 Å². The van der Waals surface area contributed by atoms with Gasteiger partial charge in [0.1, 0.15) is 0 Å². The molecule has 0 unspecified atom stereocenters. The molecule has 0 atom stereocenters. The monoisotopic (exact) mass is 303 g/mol. The second kappa shape index (κ2) is 6.85. The molecule has 1 aromatic carbocycles. The van der Waals surface area contributed by atoms with E-state index in [-0.39, 0.29) is 11.8 Å². The molecule has 0 aliphatic heterocycles. The van der Waals surface area contributed by atoms with Crippen LogP contribution in [0.1, 0.15) is 23.7 Å². The lowest BCUT2D eigenvalue weighted by Gasteiger charge is -2.08. The first-order valence-electron chi connectivity index (χ1n) is 6.41. The number of hydrogen-bond donors (Lipinski definition) is 2. The Morgan fingerprint density at radius 2 is 1.71 bits per heavy atom. The van der Waals surface area contributed by atoms with E-state index in [1.807, 2.05) is 0 Å². The number of carbonyl (C=O) groups excluding carboxylic acids is 2. The molecule has 21 heavy (non-hydrogen) atoms. The van der Waals surface area contributed by atoms with Crippen LogP contribution in [-0.4, -0.2) is 16.8 Å². The van der Waals surface area contributed by atoms with Gasteiger partial charge in [-0.05, 0) is 30.3 Å². The van der Waals surface area contributed by atoms with Gasteiger partial charge in [0.2, 0.25) is 5.91 Å². The zero-order valence-corrected chi connectivity index (χ0v) is 12.1. The van der Waals surface area contributed by atoms with Crippen molar-refractivity contribution in [2.24, 2.45) is 0 Å². The zero-order valence-electron chi connectivity index (χ0n) is 11.4.